The third kappa shape index (κ3) is 14.1. The first kappa shape index (κ1) is 37.1. The monoisotopic (exact) mass is 496 g/mol. The molecule has 9 nitrogen and oxygen atoms in total. The molecule has 0 aromatic heterocycles. The van der Waals surface area contributed by atoms with Crippen LogP contribution >= 0.6 is 7.82 Å². The summed E-state index contributed by atoms with van der Waals surface area (Å²) in [5, 5.41) is 9.97. The van der Waals surface area contributed by atoms with Crippen LogP contribution in [0.2, 0.25) is 0 Å². The summed E-state index contributed by atoms with van der Waals surface area (Å²) in [6.45, 7) is 2.41. The molecule has 0 spiro atoms. The molecule has 2 rings (SSSR count). The fraction of sp³-hybridized carbons (Fsp3) is 0.368. The van der Waals surface area contributed by atoms with Crippen molar-refractivity contribution in [3.63, 3.8) is 0 Å². The van der Waals surface area contributed by atoms with E-state index in [4.69, 9.17) is 38.2 Å². The standard InChI is InChI=1S/C19H24O5.3Na.H3O4P/c1-5-24-16-9-8-13(10-15(16)20)6-7-14-11-17(21-2)19(23-4)18(12-14)22-3;;;;1-5(2,3)4/h8-12,20H,5-7H2,1-4H3;;;;(H3,1,2,3,4)/q;3*+1;/p-3. The number of hydrogen-bond donors (Lipinski definition) is 1. The third-order valence-electron chi connectivity index (χ3n) is 3.75. The van der Waals surface area contributed by atoms with Crippen molar-refractivity contribution in [3.8, 4) is 28.7 Å². The van der Waals surface area contributed by atoms with Crippen LogP contribution in [0.25, 0.3) is 0 Å². The van der Waals surface area contributed by atoms with Crippen molar-refractivity contribution in [3.05, 3.63) is 41.5 Å². The second kappa shape index (κ2) is 18.8. The van der Waals surface area contributed by atoms with Crippen molar-refractivity contribution in [2.45, 2.75) is 19.8 Å². The van der Waals surface area contributed by atoms with Crippen molar-refractivity contribution in [1.82, 2.24) is 0 Å². The fourth-order valence-corrected chi connectivity index (χ4v) is 2.56. The van der Waals surface area contributed by atoms with Crippen molar-refractivity contribution in [1.29, 1.82) is 0 Å². The molecule has 0 saturated heterocycles. The van der Waals surface area contributed by atoms with Gasteiger partial charge in [0.1, 0.15) is 0 Å². The maximum absolute atomic E-state index is 9.97. The van der Waals surface area contributed by atoms with E-state index in [0.29, 0.717) is 29.6 Å². The molecule has 0 radical (unpaired) electrons. The molecule has 2 aromatic carbocycles. The molecular weight excluding hydrogens is 472 g/mol. The second-order valence-corrected chi connectivity index (χ2v) is 6.61. The molecule has 1 N–H and O–H groups in total. The molecule has 2 aromatic rings. The minimum absolute atomic E-state index is 0. The van der Waals surface area contributed by atoms with Gasteiger partial charge in [-0.05, 0) is 55.2 Å². The van der Waals surface area contributed by atoms with Gasteiger partial charge in [-0.1, -0.05) is 6.07 Å². The molecular formula is C19H24Na3O9P. The Hall–Kier alpha value is 0.550. The Morgan fingerprint density at radius 2 is 1.28 bits per heavy atom. The van der Waals surface area contributed by atoms with Gasteiger partial charge in [-0.15, -0.1) is 0 Å². The Morgan fingerprint density at radius 3 is 1.66 bits per heavy atom. The van der Waals surface area contributed by atoms with E-state index < -0.39 is 7.82 Å². The van der Waals surface area contributed by atoms with Crippen LogP contribution in [0, 0.1) is 0 Å². The maximum Gasteiger partial charge on any atom is 1.00 e. The Balaban J connectivity index is -0.000000949. The predicted molar refractivity (Wildman–Crippen MR) is 100 cm³/mol. The zero-order valence-electron chi connectivity index (χ0n) is 19.7. The molecule has 0 saturated carbocycles. The van der Waals surface area contributed by atoms with Crippen LogP contribution in [0.1, 0.15) is 18.1 Å². The van der Waals surface area contributed by atoms with E-state index in [9.17, 15) is 5.11 Å². The Bertz CT molecular complexity index is 814. The number of phosphoric acid groups is 1. The fourth-order valence-electron chi connectivity index (χ4n) is 2.56. The molecule has 0 unspecified atom stereocenters. The number of benzene rings is 2. The Morgan fingerprint density at radius 1 is 0.812 bits per heavy atom. The minimum Gasteiger partial charge on any atom is -0.822 e. The topological polar surface area (TPSA) is 143 Å². The van der Waals surface area contributed by atoms with Crippen molar-refractivity contribution < 1.29 is 132 Å². The van der Waals surface area contributed by atoms with Crippen LogP contribution in [0.15, 0.2) is 30.3 Å². The van der Waals surface area contributed by atoms with Gasteiger partial charge in [-0.25, -0.2) is 0 Å². The molecule has 0 aliphatic carbocycles. The summed E-state index contributed by atoms with van der Waals surface area (Å²) in [7, 11) is -0.597. The van der Waals surface area contributed by atoms with Gasteiger partial charge in [0.25, 0.3) is 0 Å². The van der Waals surface area contributed by atoms with E-state index in [1.165, 1.54) is 0 Å². The van der Waals surface area contributed by atoms with Gasteiger partial charge in [0.15, 0.2) is 23.0 Å². The average molecular weight is 496 g/mol. The quantitative estimate of drug-likeness (QED) is 0.278. The zero-order chi connectivity index (χ0) is 22.0. The first-order valence-electron chi connectivity index (χ1n) is 8.59. The maximum atomic E-state index is 9.97. The van der Waals surface area contributed by atoms with E-state index >= 15 is 0 Å². The van der Waals surface area contributed by atoms with Gasteiger partial charge in [0.2, 0.25) is 5.75 Å². The Kier molecular flexibility index (Phi) is 21.8. The van der Waals surface area contributed by atoms with Crippen LogP contribution in [0.4, 0.5) is 0 Å². The molecule has 0 aliphatic heterocycles. The summed E-state index contributed by atoms with van der Waals surface area (Å²) in [6.07, 6.45) is 1.56. The molecule has 162 valence electrons. The van der Waals surface area contributed by atoms with Crippen LogP contribution in [-0.2, 0) is 17.4 Å². The van der Waals surface area contributed by atoms with Crippen molar-refractivity contribution >= 4 is 7.82 Å². The molecule has 0 aliphatic rings. The normalized spacial score (nSPS) is 9.59. The van der Waals surface area contributed by atoms with Crippen molar-refractivity contribution in [2.75, 3.05) is 27.9 Å². The summed E-state index contributed by atoms with van der Waals surface area (Å²) in [5.74, 6) is 2.54. The second-order valence-electron chi connectivity index (χ2n) is 5.72. The molecule has 0 amide bonds. The van der Waals surface area contributed by atoms with Gasteiger partial charge in [0, 0.05) is 0 Å². The van der Waals surface area contributed by atoms with Crippen LogP contribution in [0.5, 0.6) is 28.7 Å². The average Bonchev–Trinajstić information content (AvgIpc) is 2.66. The van der Waals surface area contributed by atoms with Gasteiger partial charge in [-0.3, -0.25) is 0 Å². The van der Waals surface area contributed by atoms with Crippen LogP contribution < -0.4 is 122 Å². The zero-order valence-corrected chi connectivity index (χ0v) is 26.6. The Labute approximate surface area is 254 Å². The van der Waals surface area contributed by atoms with E-state index in [-0.39, 0.29) is 94.4 Å². The number of phenolic OH excluding ortho intramolecular Hbond substituents is 1. The molecule has 0 bridgehead atoms. The SMILES string of the molecule is CCOc1ccc(CCc2cc(OC)c(OC)c(OC)c2)cc1O.O=P([O-])([O-])[O-].[Na+].[Na+].[Na+]. The molecule has 0 fully saturated rings. The number of rotatable bonds is 8. The third-order valence-corrected chi connectivity index (χ3v) is 3.75. The number of hydrogen-bond acceptors (Lipinski definition) is 9. The molecule has 32 heavy (non-hydrogen) atoms. The summed E-state index contributed by atoms with van der Waals surface area (Å²) in [6, 6.07) is 9.38. The van der Waals surface area contributed by atoms with Crippen molar-refractivity contribution in [2.24, 2.45) is 0 Å². The van der Waals surface area contributed by atoms with E-state index in [0.717, 1.165) is 24.0 Å². The number of aromatic hydroxyl groups is 1. The number of phenols is 1. The summed E-state index contributed by atoms with van der Waals surface area (Å²) in [4.78, 5) is 25.6. The number of ether oxygens (including phenoxy) is 4. The van der Waals surface area contributed by atoms with Gasteiger partial charge in [-0.2, -0.15) is 7.82 Å². The summed E-state index contributed by atoms with van der Waals surface area (Å²) < 4.78 is 30.0. The van der Waals surface area contributed by atoms with E-state index in [1.807, 2.05) is 25.1 Å². The van der Waals surface area contributed by atoms with Gasteiger partial charge in [0.05, 0.1) is 27.9 Å². The number of aryl methyl sites for hydroxylation is 2. The summed E-state index contributed by atoms with van der Waals surface area (Å²) >= 11 is 0. The molecule has 13 heteroatoms. The molecule has 0 atom stereocenters. The van der Waals surface area contributed by atoms with Gasteiger partial charge >= 0.3 is 88.7 Å². The molecule has 0 heterocycles. The summed E-state index contributed by atoms with van der Waals surface area (Å²) in [5.41, 5.74) is 2.10. The van der Waals surface area contributed by atoms with Gasteiger partial charge < -0.3 is 43.3 Å². The van der Waals surface area contributed by atoms with Crippen LogP contribution in [0.3, 0.4) is 0 Å². The largest absolute Gasteiger partial charge is 1.00 e. The van der Waals surface area contributed by atoms with E-state index in [2.05, 4.69) is 0 Å². The predicted octanol–water partition coefficient (Wildman–Crippen LogP) is -8.21. The first-order chi connectivity index (χ1) is 13.6. The van der Waals surface area contributed by atoms with Crippen LogP contribution in [-0.4, -0.2) is 33.0 Å². The minimum atomic E-state index is -5.39. The van der Waals surface area contributed by atoms with E-state index in [1.54, 1.807) is 33.5 Å². The number of methoxy groups -OCH3 is 3. The smallest absolute Gasteiger partial charge is 0.822 e. The first-order valence-corrected chi connectivity index (χ1v) is 10.1.